The van der Waals surface area contributed by atoms with Crippen LogP contribution in [-0.4, -0.2) is 49.2 Å². The van der Waals surface area contributed by atoms with Crippen molar-refractivity contribution in [2.75, 3.05) is 26.3 Å². The normalized spacial score (nSPS) is 37.6. The van der Waals surface area contributed by atoms with Crippen molar-refractivity contribution in [1.29, 1.82) is 0 Å². The third kappa shape index (κ3) is 3.23. The number of rotatable bonds is 2. The van der Waals surface area contributed by atoms with E-state index in [4.69, 9.17) is 4.74 Å². The predicted octanol–water partition coefficient (Wildman–Crippen LogP) is 1.26. The Labute approximate surface area is 110 Å². The molecule has 18 heavy (non-hydrogen) atoms. The maximum Gasteiger partial charge on any atom is 0.224 e. The molecule has 0 aromatic heterocycles. The SMILES string of the molecule is CC1CC(C)C(C)N(C(=O)CC2COCCN2)C1. The number of carbonyl (C=O) groups is 1. The minimum absolute atomic E-state index is 0.200. The summed E-state index contributed by atoms with van der Waals surface area (Å²) in [5, 5.41) is 3.35. The van der Waals surface area contributed by atoms with Gasteiger partial charge < -0.3 is 15.0 Å². The Balaban J connectivity index is 1.90. The van der Waals surface area contributed by atoms with Crippen LogP contribution in [0.4, 0.5) is 0 Å². The number of piperidine rings is 1. The van der Waals surface area contributed by atoms with E-state index in [1.165, 1.54) is 6.42 Å². The molecule has 2 fully saturated rings. The summed E-state index contributed by atoms with van der Waals surface area (Å²) in [6.45, 7) is 9.88. The van der Waals surface area contributed by atoms with Gasteiger partial charge in [-0.3, -0.25) is 4.79 Å². The lowest BCUT2D eigenvalue weighted by Crippen LogP contribution is -2.51. The fourth-order valence-corrected chi connectivity index (χ4v) is 3.12. The molecule has 4 atom stereocenters. The van der Waals surface area contributed by atoms with E-state index in [-0.39, 0.29) is 11.9 Å². The molecule has 1 N–H and O–H groups in total. The van der Waals surface area contributed by atoms with E-state index >= 15 is 0 Å². The zero-order valence-corrected chi connectivity index (χ0v) is 11.8. The molecule has 0 aliphatic carbocycles. The minimum atomic E-state index is 0.200. The van der Waals surface area contributed by atoms with Gasteiger partial charge in [0, 0.05) is 31.6 Å². The molecule has 4 nitrogen and oxygen atoms in total. The molecule has 0 aromatic carbocycles. The first-order chi connectivity index (χ1) is 8.58. The number of likely N-dealkylation sites (tertiary alicyclic amines) is 1. The number of ether oxygens (including phenoxy) is 1. The van der Waals surface area contributed by atoms with Crippen LogP contribution in [0.2, 0.25) is 0 Å². The molecule has 1 amide bonds. The Bertz CT molecular complexity index is 290. The monoisotopic (exact) mass is 254 g/mol. The molecule has 104 valence electrons. The van der Waals surface area contributed by atoms with Gasteiger partial charge in [-0.2, -0.15) is 0 Å². The molecule has 4 heteroatoms. The van der Waals surface area contributed by atoms with E-state index in [0.29, 0.717) is 30.9 Å². The minimum Gasteiger partial charge on any atom is -0.378 e. The number of hydrogen-bond donors (Lipinski definition) is 1. The number of morpholine rings is 1. The lowest BCUT2D eigenvalue weighted by Gasteiger charge is -2.41. The molecule has 0 saturated carbocycles. The van der Waals surface area contributed by atoms with Gasteiger partial charge in [0.1, 0.15) is 0 Å². The molecule has 2 heterocycles. The number of amides is 1. The van der Waals surface area contributed by atoms with Gasteiger partial charge in [0.05, 0.1) is 13.2 Å². The summed E-state index contributed by atoms with van der Waals surface area (Å²) < 4.78 is 5.41. The number of carbonyl (C=O) groups excluding carboxylic acids is 1. The van der Waals surface area contributed by atoms with Crippen molar-refractivity contribution in [1.82, 2.24) is 10.2 Å². The van der Waals surface area contributed by atoms with Gasteiger partial charge in [0.15, 0.2) is 0 Å². The molecule has 0 bridgehead atoms. The second-order valence-corrected chi connectivity index (χ2v) is 6.03. The summed E-state index contributed by atoms with van der Waals surface area (Å²) in [5.41, 5.74) is 0. The fourth-order valence-electron chi connectivity index (χ4n) is 3.12. The van der Waals surface area contributed by atoms with Gasteiger partial charge >= 0.3 is 0 Å². The molecule has 2 saturated heterocycles. The third-order valence-electron chi connectivity index (χ3n) is 4.34. The number of hydrogen-bond acceptors (Lipinski definition) is 3. The highest BCUT2D eigenvalue weighted by Crippen LogP contribution is 2.27. The summed E-state index contributed by atoms with van der Waals surface area (Å²) in [4.78, 5) is 14.5. The third-order valence-corrected chi connectivity index (χ3v) is 4.34. The molecule has 2 aliphatic rings. The predicted molar refractivity (Wildman–Crippen MR) is 71.3 cm³/mol. The van der Waals surface area contributed by atoms with Gasteiger partial charge in [0.25, 0.3) is 0 Å². The van der Waals surface area contributed by atoms with Crippen LogP contribution < -0.4 is 5.32 Å². The standard InChI is InChI=1S/C14H26N2O2/c1-10-6-11(2)12(3)16(8-10)14(17)7-13-9-18-5-4-15-13/h10-13,15H,4-9H2,1-3H3. The summed E-state index contributed by atoms with van der Waals surface area (Å²) in [6, 6.07) is 0.573. The Kier molecular flexibility index (Phi) is 4.62. The van der Waals surface area contributed by atoms with Gasteiger partial charge in [-0.25, -0.2) is 0 Å². The van der Waals surface area contributed by atoms with Crippen LogP contribution in [0.5, 0.6) is 0 Å². The maximum atomic E-state index is 12.4. The smallest absolute Gasteiger partial charge is 0.224 e. The van der Waals surface area contributed by atoms with Crippen molar-refractivity contribution in [2.24, 2.45) is 11.8 Å². The fraction of sp³-hybridized carbons (Fsp3) is 0.929. The molecule has 0 spiro atoms. The van der Waals surface area contributed by atoms with Crippen LogP contribution >= 0.6 is 0 Å². The van der Waals surface area contributed by atoms with Crippen LogP contribution in [0.3, 0.4) is 0 Å². The highest BCUT2D eigenvalue weighted by molar-refractivity contribution is 5.77. The quantitative estimate of drug-likeness (QED) is 0.806. The first-order valence-electron chi connectivity index (χ1n) is 7.18. The molecule has 0 radical (unpaired) electrons. The molecule has 2 rings (SSSR count). The topological polar surface area (TPSA) is 41.6 Å². The average Bonchev–Trinajstić information content (AvgIpc) is 2.35. The van der Waals surface area contributed by atoms with Crippen molar-refractivity contribution in [3.05, 3.63) is 0 Å². The zero-order chi connectivity index (χ0) is 13.1. The Hall–Kier alpha value is -0.610. The first-order valence-corrected chi connectivity index (χ1v) is 7.18. The van der Waals surface area contributed by atoms with Crippen LogP contribution in [0, 0.1) is 11.8 Å². The Morgan fingerprint density at radius 2 is 2.17 bits per heavy atom. The van der Waals surface area contributed by atoms with Gasteiger partial charge in [-0.15, -0.1) is 0 Å². The second-order valence-electron chi connectivity index (χ2n) is 6.03. The number of nitrogens with one attached hydrogen (secondary N) is 1. The van der Waals surface area contributed by atoms with E-state index in [1.54, 1.807) is 0 Å². The lowest BCUT2D eigenvalue weighted by molar-refractivity contribution is -0.138. The van der Waals surface area contributed by atoms with Crippen molar-refractivity contribution in [3.63, 3.8) is 0 Å². The summed E-state index contributed by atoms with van der Waals surface area (Å²) in [5.74, 6) is 1.51. The summed E-state index contributed by atoms with van der Waals surface area (Å²) in [7, 11) is 0. The van der Waals surface area contributed by atoms with E-state index in [1.807, 2.05) is 0 Å². The van der Waals surface area contributed by atoms with Gasteiger partial charge in [0.2, 0.25) is 5.91 Å². The van der Waals surface area contributed by atoms with E-state index in [0.717, 1.165) is 19.7 Å². The Morgan fingerprint density at radius 1 is 1.39 bits per heavy atom. The lowest BCUT2D eigenvalue weighted by atomic mass is 9.85. The van der Waals surface area contributed by atoms with E-state index in [2.05, 4.69) is 31.0 Å². The van der Waals surface area contributed by atoms with Crippen molar-refractivity contribution in [3.8, 4) is 0 Å². The zero-order valence-electron chi connectivity index (χ0n) is 11.8. The molecule has 0 aromatic rings. The van der Waals surface area contributed by atoms with Crippen LogP contribution in [0.25, 0.3) is 0 Å². The van der Waals surface area contributed by atoms with Gasteiger partial charge in [-0.1, -0.05) is 13.8 Å². The van der Waals surface area contributed by atoms with E-state index in [9.17, 15) is 4.79 Å². The van der Waals surface area contributed by atoms with Crippen LogP contribution in [-0.2, 0) is 9.53 Å². The highest BCUT2D eigenvalue weighted by Gasteiger charge is 2.32. The molecular formula is C14H26N2O2. The van der Waals surface area contributed by atoms with Crippen molar-refractivity contribution in [2.45, 2.75) is 45.7 Å². The molecular weight excluding hydrogens is 228 g/mol. The second kappa shape index (κ2) is 6.02. The van der Waals surface area contributed by atoms with Crippen molar-refractivity contribution >= 4 is 5.91 Å². The van der Waals surface area contributed by atoms with Crippen LogP contribution in [0.1, 0.15) is 33.6 Å². The van der Waals surface area contributed by atoms with Crippen LogP contribution in [0.15, 0.2) is 0 Å². The average molecular weight is 254 g/mol. The van der Waals surface area contributed by atoms with Gasteiger partial charge in [-0.05, 0) is 25.2 Å². The highest BCUT2D eigenvalue weighted by atomic mass is 16.5. The number of nitrogens with zero attached hydrogens (tertiary/aromatic N) is 1. The molecule has 2 aliphatic heterocycles. The molecule has 4 unspecified atom stereocenters. The van der Waals surface area contributed by atoms with Crippen molar-refractivity contribution < 1.29 is 9.53 Å². The maximum absolute atomic E-state index is 12.4. The largest absolute Gasteiger partial charge is 0.378 e. The summed E-state index contributed by atoms with van der Waals surface area (Å²) in [6.07, 6.45) is 1.81. The summed E-state index contributed by atoms with van der Waals surface area (Å²) >= 11 is 0. The Morgan fingerprint density at radius 3 is 2.83 bits per heavy atom. The first kappa shape index (κ1) is 13.8. The van der Waals surface area contributed by atoms with E-state index < -0.39 is 0 Å².